The van der Waals surface area contributed by atoms with Gasteiger partial charge in [-0.05, 0) is 73.6 Å². The minimum absolute atomic E-state index is 0.225. The molecule has 8 heteroatoms. The molecule has 1 N–H and O–H groups in total. The normalized spacial score (nSPS) is 31.9. The van der Waals surface area contributed by atoms with E-state index < -0.39 is 10.2 Å². The van der Waals surface area contributed by atoms with E-state index in [1.54, 1.807) is 4.31 Å². The Kier molecular flexibility index (Phi) is 5.51. The maximum absolute atomic E-state index is 12.8. The van der Waals surface area contributed by atoms with Gasteiger partial charge in [0.2, 0.25) is 5.91 Å². The molecule has 0 aromatic heterocycles. The Morgan fingerprint density at radius 2 is 1.94 bits per heavy atom. The largest absolute Gasteiger partial charge is 0.492 e. The zero-order valence-corrected chi connectivity index (χ0v) is 19.1. The lowest BCUT2D eigenvalue weighted by Crippen LogP contribution is -2.52. The Balaban J connectivity index is 1.31. The molecule has 3 atom stereocenters. The zero-order valence-electron chi connectivity index (χ0n) is 18.3. The molecule has 1 amide bonds. The Bertz CT molecular complexity index is 966. The number of amides is 1. The predicted molar refractivity (Wildman–Crippen MR) is 118 cm³/mol. The smallest absolute Gasteiger partial charge is 0.280 e. The first-order chi connectivity index (χ1) is 14.9. The first-order valence-corrected chi connectivity index (χ1v) is 13.2. The molecular formula is C23H33N3O4S. The summed E-state index contributed by atoms with van der Waals surface area (Å²) in [6.07, 6.45) is 6.37. The third-order valence-corrected chi connectivity index (χ3v) is 9.43. The van der Waals surface area contributed by atoms with Crippen LogP contribution in [0.4, 0.5) is 0 Å². The molecule has 0 unspecified atom stereocenters. The minimum Gasteiger partial charge on any atom is -0.492 e. The van der Waals surface area contributed by atoms with Gasteiger partial charge in [0, 0.05) is 26.1 Å². The van der Waals surface area contributed by atoms with Crippen LogP contribution >= 0.6 is 0 Å². The van der Waals surface area contributed by atoms with E-state index in [0.29, 0.717) is 44.5 Å². The van der Waals surface area contributed by atoms with Gasteiger partial charge < -0.3 is 9.64 Å². The van der Waals surface area contributed by atoms with Gasteiger partial charge in [0.25, 0.3) is 10.2 Å². The van der Waals surface area contributed by atoms with E-state index in [-0.39, 0.29) is 11.4 Å². The summed E-state index contributed by atoms with van der Waals surface area (Å²) in [5.41, 5.74) is 2.26. The zero-order chi connectivity index (χ0) is 21.6. The van der Waals surface area contributed by atoms with Crippen molar-refractivity contribution in [3.63, 3.8) is 0 Å². The third kappa shape index (κ3) is 3.76. The number of nitrogens with one attached hydrogen (secondary N) is 1. The quantitative estimate of drug-likeness (QED) is 0.725. The summed E-state index contributed by atoms with van der Waals surface area (Å²) in [6, 6.07) is 6.33. The molecule has 5 rings (SSSR count). The van der Waals surface area contributed by atoms with Crippen molar-refractivity contribution in [1.29, 1.82) is 0 Å². The highest BCUT2D eigenvalue weighted by Gasteiger charge is 2.59. The van der Waals surface area contributed by atoms with Crippen molar-refractivity contribution in [2.24, 2.45) is 11.8 Å². The number of carbonyl (C=O) groups excluding carboxylic acids is 1. The van der Waals surface area contributed by atoms with Crippen molar-refractivity contribution < 1.29 is 17.9 Å². The highest BCUT2D eigenvalue weighted by molar-refractivity contribution is 7.87. The van der Waals surface area contributed by atoms with Crippen molar-refractivity contribution in [3.8, 4) is 5.75 Å². The number of nitrogens with zero attached hydrogens (tertiary/aromatic N) is 2. The van der Waals surface area contributed by atoms with Crippen molar-refractivity contribution in [2.75, 3.05) is 32.8 Å². The summed E-state index contributed by atoms with van der Waals surface area (Å²) in [5, 5.41) is 0. The third-order valence-electron chi connectivity index (χ3n) is 7.80. The standard InChI is InChI=1S/C23H33N3O4S/c1-2-9-26-16-23(24-31(26,28)29)19-6-7-20(23)14-18-15-21(8-5-17(18)13-19)30-12-11-25-10-3-4-22(25)27/h5,8,15,19-20,24H,2-4,6-7,9-14,16H2,1H3/t19-,20+,23+/m0/s1. The van der Waals surface area contributed by atoms with Crippen LogP contribution in [0.25, 0.3) is 0 Å². The molecule has 2 bridgehead atoms. The Labute approximate surface area is 185 Å². The number of ether oxygens (including phenoxy) is 1. The van der Waals surface area contributed by atoms with Gasteiger partial charge in [0.1, 0.15) is 12.4 Å². The fraction of sp³-hybridized carbons (Fsp3) is 0.696. The van der Waals surface area contributed by atoms with Crippen LogP contribution in [0.15, 0.2) is 18.2 Å². The maximum Gasteiger partial charge on any atom is 0.280 e. The SMILES string of the molecule is CCCN1C[C@]2(NS1(=O)=O)[C@@H]1CC[C@H]2Cc2ccc(OCCN3CCCC3=O)cc2C1. The van der Waals surface area contributed by atoms with E-state index in [1.807, 2.05) is 17.9 Å². The second kappa shape index (κ2) is 8.05. The van der Waals surface area contributed by atoms with Gasteiger partial charge in [-0.2, -0.15) is 17.4 Å². The number of hydrogen-bond donors (Lipinski definition) is 1. The molecule has 1 saturated carbocycles. The predicted octanol–water partition coefficient (Wildman–Crippen LogP) is 2.11. The number of rotatable bonds is 6. The van der Waals surface area contributed by atoms with Gasteiger partial charge in [0.05, 0.1) is 12.1 Å². The first-order valence-electron chi connectivity index (χ1n) is 11.7. The molecule has 31 heavy (non-hydrogen) atoms. The summed E-state index contributed by atoms with van der Waals surface area (Å²) in [6.45, 7) is 5.19. The van der Waals surface area contributed by atoms with Crippen LogP contribution < -0.4 is 9.46 Å². The van der Waals surface area contributed by atoms with E-state index in [1.165, 1.54) is 11.1 Å². The number of carbonyl (C=O) groups is 1. The van der Waals surface area contributed by atoms with Gasteiger partial charge in [-0.25, -0.2) is 0 Å². The van der Waals surface area contributed by atoms with Crippen molar-refractivity contribution in [2.45, 2.75) is 57.4 Å². The van der Waals surface area contributed by atoms with Gasteiger partial charge in [-0.1, -0.05) is 13.0 Å². The van der Waals surface area contributed by atoms with Gasteiger partial charge in [-0.15, -0.1) is 0 Å². The van der Waals surface area contributed by atoms with Gasteiger partial charge in [-0.3, -0.25) is 4.79 Å². The molecular weight excluding hydrogens is 414 g/mol. The number of hydrogen-bond acceptors (Lipinski definition) is 4. The minimum atomic E-state index is -3.39. The molecule has 2 aliphatic carbocycles. The lowest BCUT2D eigenvalue weighted by molar-refractivity contribution is -0.128. The Morgan fingerprint density at radius 3 is 2.65 bits per heavy atom. The maximum atomic E-state index is 12.8. The summed E-state index contributed by atoms with van der Waals surface area (Å²) in [5.74, 6) is 1.72. The van der Waals surface area contributed by atoms with Crippen LogP contribution in [0, 0.1) is 11.8 Å². The highest BCUT2D eigenvalue weighted by atomic mass is 32.2. The fourth-order valence-corrected chi connectivity index (χ4v) is 8.05. The fourth-order valence-electron chi connectivity index (χ4n) is 6.23. The summed E-state index contributed by atoms with van der Waals surface area (Å²) in [4.78, 5) is 13.6. The van der Waals surface area contributed by atoms with Crippen LogP contribution in [-0.2, 0) is 27.8 Å². The van der Waals surface area contributed by atoms with Crippen molar-refractivity contribution in [3.05, 3.63) is 29.3 Å². The average molecular weight is 448 g/mol. The monoisotopic (exact) mass is 447 g/mol. The van der Waals surface area contributed by atoms with E-state index in [9.17, 15) is 13.2 Å². The number of likely N-dealkylation sites (tertiary alicyclic amines) is 1. The Morgan fingerprint density at radius 1 is 1.16 bits per heavy atom. The molecule has 2 heterocycles. The summed E-state index contributed by atoms with van der Waals surface area (Å²) >= 11 is 0. The van der Waals surface area contributed by atoms with Crippen LogP contribution in [0.3, 0.4) is 0 Å². The Hall–Kier alpha value is -1.64. The number of benzene rings is 1. The summed E-state index contributed by atoms with van der Waals surface area (Å²) in [7, 11) is -3.39. The molecule has 1 aromatic rings. The van der Waals surface area contributed by atoms with Crippen LogP contribution in [0.2, 0.25) is 0 Å². The molecule has 7 nitrogen and oxygen atoms in total. The van der Waals surface area contributed by atoms with Crippen molar-refractivity contribution >= 4 is 16.1 Å². The van der Waals surface area contributed by atoms with Gasteiger partial charge >= 0.3 is 0 Å². The molecule has 1 aromatic carbocycles. The van der Waals surface area contributed by atoms with Gasteiger partial charge in [0.15, 0.2) is 0 Å². The topological polar surface area (TPSA) is 79.0 Å². The van der Waals surface area contributed by atoms with E-state index in [0.717, 1.165) is 50.8 Å². The average Bonchev–Trinajstić information content (AvgIpc) is 3.31. The van der Waals surface area contributed by atoms with E-state index in [4.69, 9.17) is 4.74 Å². The second-order valence-corrected chi connectivity index (χ2v) is 11.3. The lowest BCUT2D eigenvalue weighted by atomic mass is 9.79. The molecule has 2 saturated heterocycles. The second-order valence-electron chi connectivity index (χ2n) is 9.62. The van der Waals surface area contributed by atoms with Crippen LogP contribution in [0.5, 0.6) is 5.75 Å². The molecule has 170 valence electrons. The van der Waals surface area contributed by atoms with E-state index >= 15 is 0 Å². The molecule has 2 aliphatic heterocycles. The van der Waals surface area contributed by atoms with Crippen molar-refractivity contribution in [1.82, 2.24) is 13.9 Å². The first kappa shape index (κ1) is 21.2. The van der Waals surface area contributed by atoms with E-state index in [2.05, 4.69) is 16.9 Å². The highest BCUT2D eigenvalue weighted by Crippen LogP contribution is 2.50. The molecule has 0 radical (unpaired) electrons. The van der Waals surface area contributed by atoms with Crippen LogP contribution in [0.1, 0.15) is 50.2 Å². The van der Waals surface area contributed by atoms with Crippen LogP contribution in [-0.4, -0.2) is 61.9 Å². The molecule has 4 aliphatic rings. The number of fused-ring (bicyclic) bond motifs is 1. The lowest BCUT2D eigenvalue weighted by Gasteiger charge is -2.33. The summed E-state index contributed by atoms with van der Waals surface area (Å²) < 4.78 is 36.4. The molecule has 3 fully saturated rings. The molecule has 1 spiro atoms.